The van der Waals surface area contributed by atoms with Crippen LogP contribution in [0.1, 0.15) is 11.6 Å². The van der Waals surface area contributed by atoms with Crippen LogP contribution in [-0.4, -0.2) is 35.0 Å². The zero-order valence-electron chi connectivity index (χ0n) is 14.4. The molecule has 4 rings (SSSR count). The first-order valence-electron chi connectivity index (χ1n) is 8.27. The van der Waals surface area contributed by atoms with Gasteiger partial charge in [0.1, 0.15) is 18.2 Å². The molecule has 0 aliphatic rings. The second-order valence-corrected chi connectivity index (χ2v) is 6.79. The maximum Gasteiger partial charge on any atom is 0.343 e. The summed E-state index contributed by atoms with van der Waals surface area (Å²) >= 11 is 3.38. The van der Waals surface area contributed by atoms with E-state index in [0.29, 0.717) is 23.9 Å². The summed E-state index contributed by atoms with van der Waals surface area (Å²) in [5.74, 6) is 0.520. The SMILES string of the molecule is O=c1[nH]c(CNc2ccc(Br)cc2)nn1Cc1nnnn1-c1ccc(F)cc1. The van der Waals surface area contributed by atoms with Gasteiger partial charge in [0.05, 0.1) is 12.2 Å². The van der Waals surface area contributed by atoms with Crippen molar-refractivity contribution in [2.24, 2.45) is 0 Å². The third-order valence-electron chi connectivity index (χ3n) is 3.93. The van der Waals surface area contributed by atoms with E-state index in [9.17, 15) is 9.18 Å². The van der Waals surface area contributed by atoms with Crippen molar-refractivity contribution < 1.29 is 4.39 Å². The molecule has 2 heterocycles. The number of rotatable bonds is 6. The standard InChI is InChI=1S/C17H14BrFN8O/c18-11-1-5-13(6-2-11)20-9-15-21-17(28)26(23-15)10-16-22-24-25-27(16)14-7-3-12(19)4-8-14/h1-8,20H,9-10H2,(H,21,23,28). The van der Waals surface area contributed by atoms with Crippen molar-refractivity contribution in [1.82, 2.24) is 35.0 Å². The van der Waals surface area contributed by atoms with Crippen LogP contribution in [0.25, 0.3) is 5.69 Å². The first-order chi connectivity index (χ1) is 13.6. The van der Waals surface area contributed by atoms with Crippen LogP contribution in [0.5, 0.6) is 0 Å². The minimum atomic E-state index is -0.374. The summed E-state index contributed by atoms with van der Waals surface area (Å²) in [5, 5.41) is 18.9. The normalized spacial score (nSPS) is 10.9. The molecule has 2 aromatic carbocycles. The van der Waals surface area contributed by atoms with Crippen LogP contribution in [0.3, 0.4) is 0 Å². The Kier molecular flexibility index (Phi) is 4.98. The first-order valence-corrected chi connectivity index (χ1v) is 9.06. The van der Waals surface area contributed by atoms with Gasteiger partial charge < -0.3 is 5.32 Å². The summed E-state index contributed by atoms with van der Waals surface area (Å²) in [6.45, 7) is 0.421. The number of nitrogens with one attached hydrogen (secondary N) is 2. The first kappa shape index (κ1) is 18.0. The molecule has 0 saturated heterocycles. The monoisotopic (exact) mass is 444 g/mol. The van der Waals surface area contributed by atoms with Gasteiger partial charge in [0.15, 0.2) is 5.82 Å². The molecule has 0 atom stereocenters. The van der Waals surface area contributed by atoms with Crippen molar-refractivity contribution in [2.75, 3.05) is 5.32 Å². The summed E-state index contributed by atoms with van der Waals surface area (Å²) in [6, 6.07) is 13.4. The van der Waals surface area contributed by atoms with Crippen molar-refractivity contribution >= 4 is 21.6 Å². The highest BCUT2D eigenvalue weighted by molar-refractivity contribution is 9.10. The van der Waals surface area contributed by atoms with Gasteiger partial charge in [0.25, 0.3) is 0 Å². The zero-order valence-corrected chi connectivity index (χ0v) is 16.0. The molecule has 0 amide bonds. The molecule has 0 fully saturated rings. The fourth-order valence-corrected chi connectivity index (χ4v) is 2.83. The third-order valence-corrected chi connectivity index (χ3v) is 4.46. The summed E-state index contributed by atoms with van der Waals surface area (Å²) in [6.07, 6.45) is 0. The second kappa shape index (κ2) is 7.72. The fourth-order valence-electron chi connectivity index (χ4n) is 2.57. The van der Waals surface area contributed by atoms with Crippen LogP contribution in [0.4, 0.5) is 10.1 Å². The molecule has 9 nitrogen and oxygen atoms in total. The Morgan fingerprint density at radius 3 is 2.61 bits per heavy atom. The number of anilines is 1. The summed E-state index contributed by atoms with van der Waals surface area (Å²) in [4.78, 5) is 14.9. The Balaban J connectivity index is 1.49. The van der Waals surface area contributed by atoms with E-state index in [4.69, 9.17) is 0 Å². The van der Waals surface area contributed by atoms with Gasteiger partial charge in [-0.1, -0.05) is 15.9 Å². The third kappa shape index (κ3) is 3.98. The highest BCUT2D eigenvalue weighted by atomic mass is 79.9. The van der Waals surface area contributed by atoms with Gasteiger partial charge in [-0.25, -0.2) is 13.9 Å². The van der Waals surface area contributed by atoms with Gasteiger partial charge >= 0.3 is 5.69 Å². The molecule has 0 unspecified atom stereocenters. The molecule has 4 aromatic rings. The average Bonchev–Trinajstić information content (AvgIpc) is 3.29. The Morgan fingerprint density at radius 2 is 1.86 bits per heavy atom. The molecular weight excluding hydrogens is 431 g/mol. The maximum absolute atomic E-state index is 13.1. The summed E-state index contributed by atoms with van der Waals surface area (Å²) < 4.78 is 16.8. The van der Waals surface area contributed by atoms with Gasteiger partial charge in [-0.2, -0.15) is 9.78 Å². The lowest BCUT2D eigenvalue weighted by Crippen LogP contribution is -2.21. The van der Waals surface area contributed by atoms with Crippen molar-refractivity contribution in [3.63, 3.8) is 0 Å². The number of hydrogen-bond donors (Lipinski definition) is 2. The second-order valence-electron chi connectivity index (χ2n) is 5.88. The molecule has 0 radical (unpaired) electrons. The van der Waals surface area contributed by atoms with Gasteiger partial charge in [0.2, 0.25) is 0 Å². The smallest absolute Gasteiger partial charge is 0.343 e. The highest BCUT2D eigenvalue weighted by Crippen LogP contribution is 2.14. The maximum atomic E-state index is 13.1. The number of aromatic nitrogens is 7. The predicted molar refractivity (Wildman–Crippen MR) is 103 cm³/mol. The van der Waals surface area contributed by atoms with Crippen LogP contribution in [0.15, 0.2) is 57.8 Å². The number of aromatic amines is 1. The Bertz CT molecular complexity index is 1130. The number of halogens is 2. The van der Waals surface area contributed by atoms with E-state index in [0.717, 1.165) is 10.2 Å². The van der Waals surface area contributed by atoms with Crippen LogP contribution in [0.2, 0.25) is 0 Å². The van der Waals surface area contributed by atoms with E-state index in [2.05, 4.69) is 46.9 Å². The van der Waals surface area contributed by atoms with Crippen molar-refractivity contribution in [3.8, 4) is 5.69 Å². The molecular formula is C17H14BrFN8O. The average molecular weight is 445 g/mol. The molecule has 0 aliphatic carbocycles. The molecule has 0 bridgehead atoms. The lowest BCUT2D eigenvalue weighted by Gasteiger charge is -2.04. The van der Waals surface area contributed by atoms with Crippen LogP contribution >= 0.6 is 15.9 Å². The Labute approximate surface area is 166 Å². The zero-order chi connectivity index (χ0) is 19.5. The largest absolute Gasteiger partial charge is 0.378 e. The van der Waals surface area contributed by atoms with Gasteiger partial charge in [0, 0.05) is 10.2 Å². The lowest BCUT2D eigenvalue weighted by molar-refractivity contribution is 0.606. The van der Waals surface area contributed by atoms with Gasteiger partial charge in [-0.3, -0.25) is 4.98 Å². The molecule has 2 N–H and O–H groups in total. The van der Waals surface area contributed by atoms with Crippen LogP contribution in [-0.2, 0) is 13.1 Å². The fraction of sp³-hybridized carbons (Fsp3) is 0.118. The number of nitrogens with zero attached hydrogens (tertiary/aromatic N) is 6. The van der Waals surface area contributed by atoms with E-state index in [-0.39, 0.29) is 18.1 Å². The molecule has 0 aliphatic heterocycles. The number of H-pyrrole nitrogens is 1. The van der Waals surface area contributed by atoms with Gasteiger partial charge in [-0.15, -0.1) is 5.10 Å². The Morgan fingerprint density at radius 1 is 1.11 bits per heavy atom. The number of benzene rings is 2. The molecule has 142 valence electrons. The number of tetrazole rings is 1. The van der Waals surface area contributed by atoms with Gasteiger partial charge in [-0.05, 0) is 59.0 Å². The van der Waals surface area contributed by atoms with E-state index >= 15 is 0 Å². The summed E-state index contributed by atoms with van der Waals surface area (Å²) in [5.41, 5.74) is 1.11. The lowest BCUT2D eigenvalue weighted by atomic mass is 10.3. The minimum Gasteiger partial charge on any atom is -0.378 e. The van der Waals surface area contributed by atoms with Crippen LogP contribution < -0.4 is 11.0 Å². The van der Waals surface area contributed by atoms with E-state index in [1.54, 1.807) is 12.1 Å². The topological polar surface area (TPSA) is 106 Å². The predicted octanol–water partition coefficient (Wildman–Crippen LogP) is 2.11. The van der Waals surface area contributed by atoms with Crippen molar-refractivity contribution in [2.45, 2.75) is 13.1 Å². The van der Waals surface area contributed by atoms with E-state index in [1.807, 2.05) is 24.3 Å². The molecule has 2 aromatic heterocycles. The molecule has 11 heteroatoms. The van der Waals surface area contributed by atoms with E-state index in [1.165, 1.54) is 21.5 Å². The molecule has 0 saturated carbocycles. The summed E-state index contributed by atoms with van der Waals surface area (Å²) in [7, 11) is 0. The van der Waals surface area contributed by atoms with E-state index < -0.39 is 0 Å². The minimum absolute atomic E-state index is 0.0675. The Hall–Kier alpha value is -3.34. The molecule has 28 heavy (non-hydrogen) atoms. The van der Waals surface area contributed by atoms with Crippen molar-refractivity contribution in [1.29, 1.82) is 0 Å². The van der Waals surface area contributed by atoms with Crippen molar-refractivity contribution in [3.05, 3.63) is 81.0 Å². The van der Waals surface area contributed by atoms with Crippen LogP contribution in [0, 0.1) is 5.82 Å². The highest BCUT2D eigenvalue weighted by Gasteiger charge is 2.13. The number of hydrogen-bond acceptors (Lipinski definition) is 6. The quantitative estimate of drug-likeness (QED) is 0.471. The molecule has 0 spiro atoms.